The number of nitro groups is 1. The van der Waals surface area contributed by atoms with Crippen molar-refractivity contribution >= 4 is 40.3 Å². The normalized spacial score (nSPS) is 26.8. The average Bonchev–Trinajstić information content (AvgIpc) is 3.41. The van der Waals surface area contributed by atoms with Crippen LogP contribution in [0.15, 0.2) is 121 Å². The molecule has 2 fully saturated rings. The molecule has 4 aromatic carbocycles. The Morgan fingerprint density at radius 1 is 0.863 bits per heavy atom. The SMILES string of the molecule is COc1ccc([C@H]2C3=CC[C@@H]4C(=O)N(c5cccc([N+](=O)[O-])c5)C(=O)[C@@H]4[C@@H]3C[C@H]3C(=O)C(c4ccccc4)=CC(=O)[C@@]23c2ccccc2)c(O)c1. The summed E-state index contributed by atoms with van der Waals surface area (Å²) in [6, 6.07) is 28.4. The van der Waals surface area contributed by atoms with Gasteiger partial charge in [0.2, 0.25) is 11.8 Å². The minimum Gasteiger partial charge on any atom is -0.508 e. The number of hydrogen-bond acceptors (Lipinski definition) is 8. The van der Waals surface area contributed by atoms with Crippen LogP contribution < -0.4 is 9.64 Å². The lowest BCUT2D eigenvalue weighted by Gasteiger charge is -2.55. The number of phenols is 1. The summed E-state index contributed by atoms with van der Waals surface area (Å²) in [6.45, 7) is 0. The first-order valence-corrected chi connectivity index (χ1v) is 16.8. The highest BCUT2D eigenvalue weighted by Crippen LogP contribution is 2.64. The Hall–Kier alpha value is -6.16. The molecule has 1 N–H and O–H groups in total. The molecule has 10 heteroatoms. The van der Waals surface area contributed by atoms with Crippen LogP contribution in [0, 0.1) is 33.8 Å². The fraction of sp³-hybridized carbons (Fsp3) is 0.220. The number of fused-ring (bicyclic) bond motifs is 4. The van der Waals surface area contributed by atoms with Crippen LogP contribution >= 0.6 is 0 Å². The molecular weight excluding hydrogens is 648 g/mol. The molecule has 1 saturated heterocycles. The van der Waals surface area contributed by atoms with Crippen LogP contribution in [0.1, 0.15) is 35.4 Å². The van der Waals surface area contributed by atoms with E-state index < -0.39 is 51.7 Å². The van der Waals surface area contributed by atoms with Crippen molar-refractivity contribution in [1.82, 2.24) is 0 Å². The van der Waals surface area contributed by atoms with Gasteiger partial charge in [0.1, 0.15) is 11.5 Å². The molecule has 1 heterocycles. The highest BCUT2D eigenvalue weighted by Gasteiger charge is 2.66. The zero-order valence-electron chi connectivity index (χ0n) is 27.5. The third-order valence-electron chi connectivity index (χ3n) is 11.2. The molecule has 6 atom stereocenters. The highest BCUT2D eigenvalue weighted by molar-refractivity contribution is 6.32. The summed E-state index contributed by atoms with van der Waals surface area (Å²) < 4.78 is 5.39. The number of methoxy groups -OCH3 is 1. The summed E-state index contributed by atoms with van der Waals surface area (Å²) >= 11 is 0. The van der Waals surface area contributed by atoms with Crippen molar-refractivity contribution in [1.29, 1.82) is 0 Å². The molecule has 0 radical (unpaired) electrons. The number of ketones is 2. The van der Waals surface area contributed by atoms with Gasteiger partial charge in [-0.25, -0.2) is 4.90 Å². The summed E-state index contributed by atoms with van der Waals surface area (Å²) in [5.74, 6) is -5.51. The summed E-state index contributed by atoms with van der Waals surface area (Å²) in [7, 11) is 1.48. The summed E-state index contributed by atoms with van der Waals surface area (Å²) in [5.41, 5.74) is 0.894. The summed E-state index contributed by atoms with van der Waals surface area (Å²) in [5, 5.41) is 23.2. The number of amides is 2. The second-order valence-corrected chi connectivity index (χ2v) is 13.5. The molecule has 0 unspecified atom stereocenters. The number of nitro benzene ring substituents is 1. The van der Waals surface area contributed by atoms with Gasteiger partial charge in [-0.3, -0.25) is 29.3 Å². The van der Waals surface area contributed by atoms with Crippen molar-refractivity contribution in [3.63, 3.8) is 0 Å². The fourth-order valence-electron chi connectivity index (χ4n) is 9.11. The Morgan fingerprint density at radius 3 is 2.27 bits per heavy atom. The van der Waals surface area contributed by atoms with E-state index >= 15 is 4.79 Å². The maximum Gasteiger partial charge on any atom is 0.271 e. The van der Waals surface area contributed by atoms with E-state index in [1.165, 1.54) is 43.5 Å². The maximum atomic E-state index is 15.1. The van der Waals surface area contributed by atoms with Crippen LogP contribution in [0.5, 0.6) is 11.5 Å². The maximum absolute atomic E-state index is 15.1. The van der Waals surface area contributed by atoms with Gasteiger partial charge < -0.3 is 9.84 Å². The molecule has 0 bridgehead atoms. The fourth-order valence-corrected chi connectivity index (χ4v) is 9.11. The second kappa shape index (κ2) is 12.0. The Balaban J connectivity index is 1.35. The molecule has 4 aromatic rings. The molecule has 51 heavy (non-hydrogen) atoms. The number of anilines is 1. The highest BCUT2D eigenvalue weighted by atomic mass is 16.6. The van der Waals surface area contributed by atoms with E-state index in [4.69, 9.17) is 4.74 Å². The number of aromatic hydroxyl groups is 1. The van der Waals surface area contributed by atoms with Gasteiger partial charge in [-0.1, -0.05) is 84.4 Å². The molecule has 0 spiro atoms. The van der Waals surface area contributed by atoms with Crippen molar-refractivity contribution in [3.05, 3.63) is 148 Å². The van der Waals surface area contributed by atoms with Crippen LogP contribution in [0.2, 0.25) is 0 Å². The minimum atomic E-state index is -1.50. The van der Waals surface area contributed by atoms with Gasteiger partial charge in [0.05, 0.1) is 35.0 Å². The molecule has 254 valence electrons. The van der Waals surface area contributed by atoms with E-state index in [1.807, 2.05) is 42.5 Å². The summed E-state index contributed by atoms with van der Waals surface area (Å²) in [6.07, 6.45) is 3.58. The molecule has 4 aliphatic rings. The molecule has 1 saturated carbocycles. The molecule has 8 rings (SSSR count). The lowest BCUT2D eigenvalue weighted by atomic mass is 9.44. The predicted octanol–water partition coefficient (Wildman–Crippen LogP) is 6.34. The summed E-state index contributed by atoms with van der Waals surface area (Å²) in [4.78, 5) is 70.7. The van der Waals surface area contributed by atoms with Crippen molar-refractivity contribution < 1.29 is 33.9 Å². The van der Waals surface area contributed by atoms with Crippen LogP contribution in [0.3, 0.4) is 0 Å². The zero-order chi connectivity index (χ0) is 35.6. The van der Waals surface area contributed by atoms with E-state index in [0.29, 0.717) is 28.0 Å². The number of allylic oxidation sites excluding steroid dienone is 4. The van der Waals surface area contributed by atoms with Crippen molar-refractivity contribution in [2.24, 2.45) is 23.7 Å². The van der Waals surface area contributed by atoms with E-state index in [2.05, 4.69) is 0 Å². The Kier molecular flexibility index (Phi) is 7.55. The second-order valence-electron chi connectivity index (χ2n) is 13.5. The number of phenolic OH excluding ortho intramolecular Hbond substituents is 1. The Morgan fingerprint density at radius 2 is 1.59 bits per heavy atom. The standard InChI is InChI=1S/C41H32N2O8/c1-51-27-15-16-29(34(44)20-27)37-28-17-18-30-36(40(48)42(39(30)47)25-13-8-14-26(19-25)43(49)50)32(28)21-33-38(46)31(23-9-4-2-5-10-23)22-35(45)41(33,37)24-11-6-3-7-12-24/h2-17,19-20,22,30,32-33,36-37,44H,18,21H2,1H3/t30-,32+,33-,36-,37+,41-/m0/s1. The number of non-ortho nitro benzene ring substituents is 1. The van der Waals surface area contributed by atoms with Crippen molar-refractivity contribution in [3.8, 4) is 11.5 Å². The molecule has 1 aliphatic heterocycles. The van der Waals surface area contributed by atoms with Gasteiger partial charge in [-0.15, -0.1) is 0 Å². The Bertz CT molecular complexity index is 2210. The zero-order valence-corrected chi connectivity index (χ0v) is 27.5. The van der Waals surface area contributed by atoms with Gasteiger partial charge in [-0.05, 0) is 48.1 Å². The number of ether oxygens (including phenoxy) is 1. The lowest BCUT2D eigenvalue weighted by Crippen LogP contribution is -2.58. The molecular formula is C41H32N2O8. The van der Waals surface area contributed by atoms with Crippen molar-refractivity contribution in [2.75, 3.05) is 12.0 Å². The number of rotatable bonds is 6. The Labute approximate surface area is 292 Å². The number of Topliss-reactive ketones (excluding diaryl/α,β-unsaturated/α-hetero) is 1. The quantitative estimate of drug-likeness (QED) is 0.108. The predicted molar refractivity (Wildman–Crippen MR) is 187 cm³/mol. The molecule has 0 aromatic heterocycles. The van der Waals surface area contributed by atoms with E-state index in [-0.39, 0.29) is 47.1 Å². The topological polar surface area (TPSA) is 144 Å². The van der Waals surface area contributed by atoms with Crippen LogP contribution in [0.4, 0.5) is 11.4 Å². The largest absolute Gasteiger partial charge is 0.508 e. The van der Waals surface area contributed by atoms with Crippen molar-refractivity contribution in [2.45, 2.75) is 24.2 Å². The number of carbonyl (C=O) groups excluding carboxylic acids is 4. The van der Waals surface area contributed by atoms with Crippen LogP contribution in [0.25, 0.3) is 5.57 Å². The van der Waals surface area contributed by atoms with Gasteiger partial charge in [-0.2, -0.15) is 0 Å². The first-order chi connectivity index (χ1) is 24.7. The monoisotopic (exact) mass is 680 g/mol. The van der Waals surface area contributed by atoms with E-state index in [9.17, 15) is 29.6 Å². The lowest BCUT2D eigenvalue weighted by molar-refractivity contribution is -0.384. The third kappa shape index (κ3) is 4.70. The number of benzene rings is 4. The number of carbonyl (C=O) groups is 4. The third-order valence-corrected chi connectivity index (χ3v) is 11.2. The molecule has 2 amide bonds. The average molecular weight is 681 g/mol. The molecule has 3 aliphatic carbocycles. The molecule has 10 nitrogen and oxygen atoms in total. The van der Waals surface area contributed by atoms with Gasteiger partial charge in [0, 0.05) is 41.2 Å². The van der Waals surface area contributed by atoms with Crippen LogP contribution in [-0.2, 0) is 24.6 Å². The van der Waals surface area contributed by atoms with Crippen LogP contribution in [-0.4, -0.2) is 40.5 Å². The smallest absolute Gasteiger partial charge is 0.271 e. The van der Waals surface area contributed by atoms with Gasteiger partial charge in [0.25, 0.3) is 5.69 Å². The minimum absolute atomic E-state index is 0.0891. The van der Waals surface area contributed by atoms with E-state index in [0.717, 1.165) is 4.90 Å². The first-order valence-electron chi connectivity index (χ1n) is 16.8. The van der Waals surface area contributed by atoms with E-state index in [1.54, 1.807) is 36.4 Å². The number of nitrogens with zero attached hydrogens (tertiary/aromatic N) is 2. The number of hydrogen-bond donors (Lipinski definition) is 1. The van der Waals surface area contributed by atoms with Gasteiger partial charge >= 0.3 is 0 Å². The number of imide groups is 1. The van der Waals surface area contributed by atoms with Gasteiger partial charge in [0.15, 0.2) is 11.6 Å². The first kappa shape index (κ1) is 32.1.